The fourth-order valence-corrected chi connectivity index (χ4v) is 3.53. The summed E-state index contributed by atoms with van der Waals surface area (Å²) in [5.41, 5.74) is 6.48. The quantitative estimate of drug-likeness (QED) is 0.826. The first-order valence-electron chi connectivity index (χ1n) is 7.28. The molecule has 2 rings (SSSR count). The van der Waals surface area contributed by atoms with Crippen LogP contribution in [0.1, 0.15) is 38.7 Å². The highest BCUT2D eigenvalue weighted by atomic mass is 35.5. The number of ether oxygens (including phenoxy) is 1. The molecule has 22 heavy (non-hydrogen) atoms. The van der Waals surface area contributed by atoms with E-state index < -0.39 is 10.0 Å². The van der Waals surface area contributed by atoms with Gasteiger partial charge in [-0.3, -0.25) is 0 Å². The first-order valence-corrected chi connectivity index (χ1v) is 8.76. The van der Waals surface area contributed by atoms with Crippen molar-refractivity contribution >= 4 is 22.4 Å². The number of rotatable bonds is 6. The molecule has 0 saturated heterocycles. The monoisotopic (exact) mass is 348 g/mol. The molecule has 1 aromatic rings. The van der Waals surface area contributed by atoms with Gasteiger partial charge in [0.1, 0.15) is 5.75 Å². The van der Waals surface area contributed by atoms with Crippen LogP contribution in [-0.4, -0.2) is 26.6 Å². The van der Waals surface area contributed by atoms with E-state index >= 15 is 0 Å². The zero-order chi connectivity index (χ0) is 15.7. The number of nitrogens with one attached hydrogen (secondary N) is 1. The van der Waals surface area contributed by atoms with Crippen LogP contribution < -0.4 is 15.2 Å². The van der Waals surface area contributed by atoms with E-state index in [1.165, 1.54) is 0 Å². The number of hydrogen-bond donors (Lipinski definition) is 2. The van der Waals surface area contributed by atoms with Crippen LogP contribution in [0.25, 0.3) is 0 Å². The molecule has 1 aromatic carbocycles. The number of halogens is 1. The summed E-state index contributed by atoms with van der Waals surface area (Å²) in [6, 6.07) is 4.90. The van der Waals surface area contributed by atoms with Crippen LogP contribution in [-0.2, 0) is 10.0 Å². The van der Waals surface area contributed by atoms with Crippen LogP contribution >= 0.6 is 12.4 Å². The SMILES string of the molecule is Cc1cc(S(=O)(=O)NCC2(N)CCC2)ccc1OC(C)C.Cl. The summed E-state index contributed by atoms with van der Waals surface area (Å²) in [5, 5.41) is 0. The lowest BCUT2D eigenvalue weighted by Crippen LogP contribution is -2.54. The summed E-state index contributed by atoms with van der Waals surface area (Å²) >= 11 is 0. The van der Waals surface area contributed by atoms with E-state index in [2.05, 4.69) is 4.72 Å². The van der Waals surface area contributed by atoms with Crippen molar-refractivity contribution in [2.24, 2.45) is 5.73 Å². The Bertz CT molecular complexity index is 613. The van der Waals surface area contributed by atoms with E-state index in [4.69, 9.17) is 10.5 Å². The van der Waals surface area contributed by atoms with Gasteiger partial charge in [0.2, 0.25) is 10.0 Å². The van der Waals surface area contributed by atoms with Gasteiger partial charge in [-0.1, -0.05) is 0 Å². The number of nitrogens with two attached hydrogens (primary N) is 1. The fraction of sp³-hybridized carbons (Fsp3) is 0.600. The second-order valence-corrected chi connectivity index (χ2v) is 7.90. The van der Waals surface area contributed by atoms with Crippen molar-refractivity contribution < 1.29 is 13.2 Å². The van der Waals surface area contributed by atoms with E-state index in [9.17, 15) is 8.42 Å². The molecule has 1 aliphatic rings. The summed E-state index contributed by atoms with van der Waals surface area (Å²) in [5.74, 6) is 0.707. The smallest absolute Gasteiger partial charge is 0.240 e. The van der Waals surface area contributed by atoms with Crippen LogP contribution in [0.2, 0.25) is 0 Å². The summed E-state index contributed by atoms with van der Waals surface area (Å²) < 4.78 is 32.8. The van der Waals surface area contributed by atoms with Crippen molar-refractivity contribution in [2.75, 3.05) is 6.54 Å². The molecule has 0 heterocycles. The standard InChI is InChI=1S/C15H24N2O3S.ClH/c1-11(2)20-14-6-5-13(9-12(14)3)21(18,19)17-10-15(16)7-4-8-15;/h5-6,9,11,17H,4,7-8,10,16H2,1-3H3;1H. The molecule has 3 N–H and O–H groups in total. The second kappa shape index (κ2) is 7.17. The maximum Gasteiger partial charge on any atom is 0.240 e. The van der Waals surface area contributed by atoms with Crippen molar-refractivity contribution in [3.8, 4) is 5.75 Å². The Morgan fingerprint density at radius 3 is 2.45 bits per heavy atom. The first-order chi connectivity index (χ1) is 9.72. The van der Waals surface area contributed by atoms with Gasteiger partial charge in [-0.15, -0.1) is 12.4 Å². The molecule has 7 heteroatoms. The lowest BCUT2D eigenvalue weighted by Gasteiger charge is -2.38. The van der Waals surface area contributed by atoms with Crippen molar-refractivity contribution in [3.05, 3.63) is 23.8 Å². The molecular formula is C15H25ClN2O3S. The lowest BCUT2D eigenvalue weighted by atomic mass is 9.78. The molecule has 0 aliphatic heterocycles. The Morgan fingerprint density at radius 2 is 2.00 bits per heavy atom. The van der Waals surface area contributed by atoms with Gasteiger partial charge >= 0.3 is 0 Å². The van der Waals surface area contributed by atoms with E-state index in [0.717, 1.165) is 24.8 Å². The zero-order valence-electron chi connectivity index (χ0n) is 13.3. The third-order valence-electron chi connectivity index (χ3n) is 3.78. The minimum absolute atomic E-state index is 0. The van der Waals surface area contributed by atoms with Crippen molar-refractivity contribution in [3.63, 3.8) is 0 Å². The number of benzene rings is 1. The van der Waals surface area contributed by atoms with Crippen LogP contribution in [0.15, 0.2) is 23.1 Å². The Hall–Kier alpha value is -0.820. The second-order valence-electron chi connectivity index (χ2n) is 6.13. The van der Waals surface area contributed by atoms with Crippen LogP contribution in [0.3, 0.4) is 0 Å². The molecule has 0 radical (unpaired) electrons. The molecule has 0 spiro atoms. The molecule has 0 bridgehead atoms. The minimum Gasteiger partial charge on any atom is -0.491 e. The van der Waals surface area contributed by atoms with Crippen LogP contribution in [0, 0.1) is 6.92 Å². The van der Waals surface area contributed by atoms with Crippen molar-refractivity contribution in [1.82, 2.24) is 4.72 Å². The van der Waals surface area contributed by atoms with Gasteiger partial charge in [0.15, 0.2) is 0 Å². The third-order valence-corrected chi connectivity index (χ3v) is 5.18. The molecule has 126 valence electrons. The highest BCUT2D eigenvalue weighted by Gasteiger charge is 2.33. The molecule has 1 aliphatic carbocycles. The molecule has 1 fully saturated rings. The normalized spacial score (nSPS) is 16.8. The Morgan fingerprint density at radius 1 is 1.36 bits per heavy atom. The zero-order valence-corrected chi connectivity index (χ0v) is 14.9. The molecule has 0 unspecified atom stereocenters. The van der Waals surface area contributed by atoms with Gasteiger partial charge in [0, 0.05) is 12.1 Å². The number of aryl methyl sites for hydroxylation is 1. The summed E-state index contributed by atoms with van der Waals surface area (Å²) in [4.78, 5) is 0.249. The number of sulfonamides is 1. The largest absolute Gasteiger partial charge is 0.491 e. The van der Waals surface area contributed by atoms with Gasteiger partial charge in [-0.05, 0) is 63.8 Å². The highest BCUT2D eigenvalue weighted by molar-refractivity contribution is 7.89. The predicted octanol–water partition coefficient (Wildman–Crippen LogP) is 2.36. The lowest BCUT2D eigenvalue weighted by molar-refractivity contribution is 0.240. The number of hydrogen-bond acceptors (Lipinski definition) is 4. The average molecular weight is 349 g/mol. The highest BCUT2D eigenvalue weighted by Crippen LogP contribution is 2.29. The fourth-order valence-electron chi connectivity index (χ4n) is 2.30. The van der Waals surface area contributed by atoms with Gasteiger partial charge < -0.3 is 10.5 Å². The van der Waals surface area contributed by atoms with Gasteiger partial charge in [-0.2, -0.15) is 0 Å². The molecule has 5 nitrogen and oxygen atoms in total. The van der Waals surface area contributed by atoms with Crippen molar-refractivity contribution in [1.29, 1.82) is 0 Å². The van der Waals surface area contributed by atoms with Crippen LogP contribution in [0.4, 0.5) is 0 Å². The average Bonchev–Trinajstić information content (AvgIpc) is 2.36. The maximum atomic E-state index is 12.3. The van der Waals surface area contributed by atoms with Gasteiger partial charge in [0.25, 0.3) is 0 Å². The third kappa shape index (κ3) is 4.59. The van der Waals surface area contributed by atoms with Crippen molar-refractivity contribution in [2.45, 2.75) is 56.6 Å². The summed E-state index contributed by atoms with van der Waals surface area (Å²) in [6.45, 7) is 6.00. The van der Waals surface area contributed by atoms with E-state index in [0.29, 0.717) is 12.3 Å². The molecule has 0 aromatic heterocycles. The first kappa shape index (κ1) is 19.2. The summed E-state index contributed by atoms with van der Waals surface area (Å²) in [6.07, 6.45) is 2.87. The molecular weight excluding hydrogens is 324 g/mol. The molecule has 0 amide bonds. The Labute approximate surface area is 139 Å². The Balaban J connectivity index is 0.00000242. The molecule has 1 saturated carbocycles. The summed E-state index contributed by atoms with van der Waals surface area (Å²) in [7, 11) is -3.52. The topological polar surface area (TPSA) is 81.4 Å². The molecule has 0 atom stereocenters. The van der Waals surface area contributed by atoms with E-state index in [1.54, 1.807) is 18.2 Å². The maximum absolute atomic E-state index is 12.3. The van der Waals surface area contributed by atoms with Gasteiger partial charge in [0.05, 0.1) is 11.0 Å². The van der Waals surface area contributed by atoms with E-state index in [-0.39, 0.29) is 28.9 Å². The van der Waals surface area contributed by atoms with Crippen LogP contribution in [0.5, 0.6) is 5.75 Å². The van der Waals surface area contributed by atoms with E-state index in [1.807, 2.05) is 20.8 Å². The minimum atomic E-state index is -3.52. The predicted molar refractivity (Wildman–Crippen MR) is 90.1 cm³/mol. The van der Waals surface area contributed by atoms with Gasteiger partial charge in [-0.25, -0.2) is 13.1 Å². The Kier molecular flexibility index (Phi) is 6.27.